The molecule has 2 heterocycles. The molecule has 3 rings (SSSR count). The number of H-pyrrole nitrogens is 2. The van der Waals surface area contributed by atoms with E-state index in [-0.39, 0.29) is 5.69 Å². The SMILES string of the molecule is Clc1ccc2[nH]ccc2c1.O=C(O)c1ccn[nH]1. The average molecular weight is 264 g/mol. The van der Waals surface area contributed by atoms with Gasteiger partial charge in [0.15, 0.2) is 0 Å². The van der Waals surface area contributed by atoms with Gasteiger partial charge in [-0.05, 0) is 30.3 Å². The van der Waals surface area contributed by atoms with Crippen LogP contribution in [-0.2, 0) is 0 Å². The van der Waals surface area contributed by atoms with E-state index in [1.165, 1.54) is 12.3 Å². The molecule has 5 nitrogen and oxygen atoms in total. The van der Waals surface area contributed by atoms with Crippen molar-refractivity contribution < 1.29 is 9.90 Å². The van der Waals surface area contributed by atoms with Gasteiger partial charge in [-0.2, -0.15) is 5.10 Å². The molecular weight excluding hydrogens is 254 g/mol. The first-order valence-corrected chi connectivity index (χ1v) is 5.50. The molecule has 0 saturated carbocycles. The topological polar surface area (TPSA) is 81.8 Å². The number of aromatic carboxylic acids is 1. The highest BCUT2D eigenvalue weighted by molar-refractivity contribution is 6.31. The Bertz CT molecular complexity index is 646. The van der Waals surface area contributed by atoms with Gasteiger partial charge in [-0.3, -0.25) is 5.10 Å². The average Bonchev–Trinajstić information content (AvgIpc) is 3.00. The third-order valence-electron chi connectivity index (χ3n) is 2.25. The van der Waals surface area contributed by atoms with E-state index in [2.05, 4.69) is 15.2 Å². The summed E-state index contributed by atoms with van der Waals surface area (Å²) < 4.78 is 0. The Morgan fingerprint density at radius 2 is 2.11 bits per heavy atom. The van der Waals surface area contributed by atoms with Gasteiger partial charge < -0.3 is 10.1 Å². The van der Waals surface area contributed by atoms with Gasteiger partial charge in [0, 0.05) is 28.3 Å². The largest absolute Gasteiger partial charge is 0.477 e. The fraction of sp³-hybridized carbons (Fsp3) is 0. The molecule has 0 saturated heterocycles. The normalized spacial score (nSPS) is 9.83. The van der Waals surface area contributed by atoms with Crippen molar-refractivity contribution in [2.24, 2.45) is 0 Å². The minimum Gasteiger partial charge on any atom is -0.477 e. The van der Waals surface area contributed by atoms with Crippen LogP contribution >= 0.6 is 11.6 Å². The summed E-state index contributed by atoms with van der Waals surface area (Å²) in [7, 11) is 0. The fourth-order valence-electron chi connectivity index (χ4n) is 1.40. The summed E-state index contributed by atoms with van der Waals surface area (Å²) in [6, 6.07) is 9.18. The third kappa shape index (κ3) is 2.89. The van der Waals surface area contributed by atoms with E-state index in [0.29, 0.717) is 0 Å². The van der Waals surface area contributed by atoms with Crippen LogP contribution in [0.5, 0.6) is 0 Å². The lowest BCUT2D eigenvalue weighted by atomic mass is 10.2. The summed E-state index contributed by atoms with van der Waals surface area (Å²) in [5, 5.41) is 15.9. The first kappa shape index (κ1) is 12.2. The second-order valence-corrected chi connectivity index (χ2v) is 3.92. The van der Waals surface area contributed by atoms with Crippen molar-refractivity contribution in [3.05, 3.63) is 53.4 Å². The summed E-state index contributed by atoms with van der Waals surface area (Å²) in [4.78, 5) is 13.1. The Morgan fingerprint density at radius 1 is 1.28 bits per heavy atom. The van der Waals surface area contributed by atoms with Gasteiger partial charge >= 0.3 is 5.97 Å². The highest BCUT2D eigenvalue weighted by Gasteiger charge is 1.99. The second-order valence-electron chi connectivity index (χ2n) is 3.48. The van der Waals surface area contributed by atoms with Gasteiger partial charge in [0.1, 0.15) is 5.69 Å². The molecule has 0 fully saturated rings. The molecule has 0 aliphatic heterocycles. The molecule has 0 spiro atoms. The van der Waals surface area contributed by atoms with Crippen LogP contribution in [-0.4, -0.2) is 26.3 Å². The number of hydrogen-bond donors (Lipinski definition) is 3. The first-order valence-electron chi connectivity index (χ1n) is 5.12. The lowest BCUT2D eigenvalue weighted by Crippen LogP contribution is -1.95. The van der Waals surface area contributed by atoms with Crippen molar-refractivity contribution >= 4 is 28.5 Å². The lowest BCUT2D eigenvalue weighted by molar-refractivity contribution is 0.0690. The molecule has 0 bridgehead atoms. The van der Waals surface area contributed by atoms with Crippen molar-refractivity contribution in [2.75, 3.05) is 0 Å². The van der Waals surface area contributed by atoms with Crippen molar-refractivity contribution in [1.82, 2.24) is 15.2 Å². The Morgan fingerprint density at radius 3 is 2.72 bits per heavy atom. The van der Waals surface area contributed by atoms with Crippen molar-refractivity contribution in [3.8, 4) is 0 Å². The first-order chi connectivity index (χ1) is 8.66. The van der Waals surface area contributed by atoms with Gasteiger partial charge in [-0.25, -0.2) is 4.79 Å². The Balaban J connectivity index is 0.000000138. The number of benzene rings is 1. The van der Waals surface area contributed by atoms with Crippen LogP contribution in [0.3, 0.4) is 0 Å². The molecule has 2 aromatic heterocycles. The molecule has 0 atom stereocenters. The maximum absolute atomic E-state index is 9.99. The van der Waals surface area contributed by atoms with E-state index >= 15 is 0 Å². The van der Waals surface area contributed by atoms with E-state index in [1.54, 1.807) is 0 Å². The standard InChI is InChI=1S/C8H6ClN.C4H4N2O2/c9-7-1-2-8-6(5-7)3-4-10-8;7-4(8)3-1-2-5-6-3/h1-5,10H;1-2H,(H,5,6)(H,7,8). The van der Waals surface area contributed by atoms with Crippen molar-refractivity contribution in [1.29, 1.82) is 0 Å². The molecule has 3 N–H and O–H groups in total. The maximum Gasteiger partial charge on any atom is 0.353 e. The van der Waals surface area contributed by atoms with Crippen LogP contribution < -0.4 is 0 Å². The summed E-state index contributed by atoms with van der Waals surface area (Å²) in [5.41, 5.74) is 1.24. The fourth-order valence-corrected chi connectivity index (χ4v) is 1.58. The number of carboxylic acids is 1. The summed E-state index contributed by atoms with van der Waals surface area (Å²) in [5.74, 6) is -0.984. The van der Waals surface area contributed by atoms with Crippen LogP contribution in [0.1, 0.15) is 10.5 Å². The van der Waals surface area contributed by atoms with E-state index in [0.717, 1.165) is 15.9 Å². The Labute approximate surface area is 107 Å². The van der Waals surface area contributed by atoms with Gasteiger partial charge in [0.05, 0.1) is 0 Å². The Hall–Kier alpha value is -2.27. The molecule has 0 unspecified atom stereocenters. The molecule has 0 amide bonds. The zero-order valence-corrected chi connectivity index (χ0v) is 9.98. The van der Waals surface area contributed by atoms with Crippen molar-refractivity contribution in [3.63, 3.8) is 0 Å². The second kappa shape index (κ2) is 5.37. The molecule has 0 aliphatic rings. The lowest BCUT2D eigenvalue weighted by Gasteiger charge is -1.88. The number of fused-ring (bicyclic) bond motifs is 1. The molecule has 0 aliphatic carbocycles. The number of hydrogen-bond acceptors (Lipinski definition) is 2. The predicted molar refractivity (Wildman–Crippen MR) is 68.9 cm³/mol. The molecule has 18 heavy (non-hydrogen) atoms. The van der Waals surface area contributed by atoms with Crippen LogP contribution in [0.15, 0.2) is 42.7 Å². The smallest absolute Gasteiger partial charge is 0.353 e. The van der Waals surface area contributed by atoms with Crippen LogP contribution in [0.4, 0.5) is 0 Å². The number of nitrogens with zero attached hydrogens (tertiary/aromatic N) is 1. The summed E-state index contributed by atoms with van der Waals surface area (Å²) >= 11 is 5.76. The molecular formula is C12H10ClN3O2. The maximum atomic E-state index is 9.99. The third-order valence-corrected chi connectivity index (χ3v) is 2.48. The number of carbonyl (C=O) groups is 1. The minimum atomic E-state index is -0.984. The quantitative estimate of drug-likeness (QED) is 0.631. The highest BCUT2D eigenvalue weighted by Crippen LogP contribution is 2.17. The Kier molecular flexibility index (Phi) is 3.64. The van der Waals surface area contributed by atoms with E-state index in [9.17, 15) is 4.79 Å². The molecule has 0 radical (unpaired) electrons. The number of rotatable bonds is 1. The van der Waals surface area contributed by atoms with E-state index < -0.39 is 5.97 Å². The molecule has 6 heteroatoms. The predicted octanol–water partition coefficient (Wildman–Crippen LogP) is 2.93. The zero-order valence-electron chi connectivity index (χ0n) is 9.22. The van der Waals surface area contributed by atoms with Gasteiger partial charge in [0.25, 0.3) is 0 Å². The van der Waals surface area contributed by atoms with E-state index in [4.69, 9.17) is 16.7 Å². The minimum absolute atomic E-state index is 0.116. The molecule has 92 valence electrons. The van der Waals surface area contributed by atoms with E-state index in [1.807, 2.05) is 30.5 Å². The number of nitrogens with one attached hydrogen (secondary N) is 2. The van der Waals surface area contributed by atoms with Crippen LogP contribution in [0.2, 0.25) is 5.02 Å². The summed E-state index contributed by atoms with van der Waals surface area (Å²) in [6.45, 7) is 0. The number of aromatic amines is 2. The number of carboxylic acid groups (broad SMARTS) is 1. The summed E-state index contributed by atoms with van der Waals surface area (Å²) in [6.07, 6.45) is 3.30. The molecule has 3 aromatic rings. The molecule has 1 aromatic carbocycles. The zero-order chi connectivity index (χ0) is 13.0. The van der Waals surface area contributed by atoms with Gasteiger partial charge in [-0.15, -0.1) is 0 Å². The number of aromatic nitrogens is 3. The van der Waals surface area contributed by atoms with Crippen LogP contribution in [0.25, 0.3) is 10.9 Å². The monoisotopic (exact) mass is 263 g/mol. The highest BCUT2D eigenvalue weighted by atomic mass is 35.5. The van der Waals surface area contributed by atoms with Crippen LogP contribution in [0, 0.1) is 0 Å². The van der Waals surface area contributed by atoms with Crippen molar-refractivity contribution in [2.45, 2.75) is 0 Å². The van der Waals surface area contributed by atoms with Gasteiger partial charge in [-0.1, -0.05) is 11.6 Å². The van der Waals surface area contributed by atoms with Gasteiger partial charge in [0.2, 0.25) is 0 Å². The number of halogens is 1.